The van der Waals surface area contributed by atoms with E-state index in [0.29, 0.717) is 18.8 Å². The van der Waals surface area contributed by atoms with Gasteiger partial charge in [-0.3, -0.25) is 24.7 Å². The van der Waals surface area contributed by atoms with Crippen molar-refractivity contribution >= 4 is 35.6 Å². The summed E-state index contributed by atoms with van der Waals surface area (Å²) in [7, 11) is 0. The summed E-state index contributed by atoms with van der Waals surface area (Å²) in [5, 5.41) is 16.6. The van der Waals surface area contributed by atoms with E-state index in [4.69, 9.17) is 9.94 Å². The molecule has 3 rings (SSSR count). The van der Waals surface area contributed by atoms with Gasteiger partial charge >= 0.3 is 6.09 Å². The van der Waals surface area contributed by atoms with Gasteiger partial charge in [-0.25, -0.2) is 14.7 Å². The Balaban J connectivity index is 1.65. The van der Waals surface area contributed by atoms with Gasteiger partial charge in [0.2, 0.25) is 5.91 Å². The molecule has 3 amide bonds. The molecule has 11 nitrogen and oxygen atoms in total. The molecule has 0 saturated carbocycles. The number of nitrogens with one attached hydrogen (secondary N) is 2. The number of hydrazone groups is 1. The molecule has 1 atom stereocenters. The van der Waals surface area contributed by atoms with Crippen molar-refractivity contribution in [2.75, 3.05) is 42.5 Å². The molecule has 12 heteroatoms. The molecule has 0 aromatic heterocycles. The number of benzene rings is 1. The van der Waals surface area contributed by atoms with Gasteiger partial charge in [0.25, 0.3) is 5.91 Å². The predicted octanol–water partition coefficient (Wildman–Crippen LogP) is -0.142. The van der Waals surface area contributed by atoms with E-state index in [1.807, 2.05) is 0 Å². The molecule has 1 aromatic rings. The topological polar surface area (TPSA) is 127 Å². The second kappa shape index (κ2) is 8.73. The summed E-state index contributed by atoms with van der Waals surface area (Å²) < 4.78 is 19.9. The van der Waals surface area contributed by atoms with Crippen LogP contribution in [0, 0.1) is 5.82 Å². The smallest absolute Gasteiger partial charge is 0.414 e. The Morgan fingerprint density at radius 2 is 2.17 bits per heavy atom. The Kier molecular flexibility index (Phi) is 6.12. The van der Waals surface area contributed by atoms with Gasteiger partial charge in [0.05, 0.1) is 31.0 Å². The summed E-state index contributed by atoms with van der Waals surface area (Å²) in [6.07, 6.45) is 0.273. The summed E-state index contributed by atoms with van der Waals surface area (Å²) >= 11 is 0. The summed E-state index contributed by atoms with van der Waals surface area (Å²) in [5.74, 6) is -1.37. The Hall–Kier alpha value is -3.41. The maximum absolute atomic E-state index is 14.7. The van der Waals surface area contributed by atoms with Crippen LogP contribution in [0.25, 0.3) is 0 Å². The van der Waals surface area contributed by atoms with Crippen LogP contribution in [0.15, 0.2) is 23.3 Å². The molecule has 1 fully saturated rings. The van der Waals surface area contributed by atoms with E-state index in [2.05, 4.69) is 10.4 Å². The number of cyclic esters (lactones) is 1. The first-order valence-electron chi connectivity index (χ1n) is 8.88. The SMILES string of the molecule is CC(=O)NC[C@H]1CN(c2ccc(N3C=NN(CC(=O)NO)CC3)c(F)c2)C(=O)O1. The van der Waals surface area contributed by atoms with Crippen molar-refractivity contribution in [2.45, 2.75) is 13.0 Å². The van der Waals surface area contributed by atoms with Crippen molar-refractivity contribution in [3.63, 3.8) is 0 Å². The molecule has 1 aromatic carbocycles. The Morgan fingerprint density at radius 1 is 1.38 bits per heavy atom. The molecule has 1 saturated heterocycles. The Morgan fingerprint density at radius 3 is 2.79 bits per heavy atom. The van der Waals surface area contributed by atoms with E-state index < -0.39 is 23.9 Å². The second-order valence-corrected chi connectivity index (χ2v) is 6.54. The number of carbonyl (C=O) groups excluding carboxylic acids is 3. The number of rotatable bonds is 6. The summed E-state index contributed by atoms with van der Waals surface area (Å²) in [4.78, 5) is 37.1. The molecule has 2 aliphatic rings. The minimum atomic E-state index is -0.607. The number of nitrogens with zero attached hydrogens (tertiary/aromatic N) is 4. The monoisotopic (exact) mass is 408 g/mol. The van der Waals surface area contributed by atoms with Crippen LogP contribution < -0.4 is 20.6 Å². The molecular weight excluding hydrogens is 387 g/mol. The molecule has 0 aliphatic carbocycles. The van der Waals surface area contributed by atoms with Crippen LogP contribution in [0.5, 0.6) is 0 Å². The lowest BCUT2D eigenvalue weighted by Gasteiger charge is -2.29. The second-order valence-electron chi connectivity index (χ2n) is 6.54. The number of hydroxylamine groups is 1. The molecule has 2 aliphatic heterocycles. The lowest BCUT2D eigenvalue weighted by Crippen LogP contribution is -2.42. The normalized spacial score (nSPS) is 18.7. The maximum atomic E-state index is 14.7. The number of carbonyl (C=O) groups is 3. The number of hydrogen-bond acceptors (Lipinski definition) is 8. The van der Waals surface area contributed by atoms with Gasteiger partial charge in [-0.05, 0) is 18.2 Å². The summed E-state index contributed by atoms with van der Waals surface area (Å²) in [6, 6.07) is 4.36. The molecule has 156 valence electrons. The average molecular weight is 408 g/mol. The highest BCUT2D eigenvalue weighted by Crippen LogP contribution is 2.28. The number of amides is 3. The number of anilines is 2. The minimum absolute atomic E-state index is 0.112. The van der Waals surface area contributed by atoms with Gasteiger partial charge in [-0.1, -0.05) is 0 Å². The highest BCUT2D eigenvalue weighted by molar-refractivity contribution is 5.90. The van der Waals surface area contributed by atoms with Crippen molar-refractivity contribution in [3.8, 4) is 0 Å². The van der Waals surface area contributed by atoms with Crippen molar-refractivity contribution in [3.05, 3.63) is 24.0 Å². The molecule has 0 spiro atoms. The first-order chi connectivity index (χ1) is 13.9. The highest BCUT2D eigenvalue weighted by atomic mass is 19.1. The van der Waals surface area contributed by atoms with Gasteiger partial charge in [0.1, 0.15) is 24.8 Å². The van der Waals surface area contributed by atoms with Crippen LogP contribution in [0.4, 0.5) is 20.6 Å². The first-order valence-corrected chi connectivity index (χ1v) is 8.88. The molecule has 0 bridgehead atoms. The third-order valence-electron chi connectivity index (χ3n) is 4.41. The zero-order chi connectivity index (χ0) is 21.0. The number of halogens is 1. The predicted molar refractivity (Wildman–Crippen MR) is 100 cm³/mol. The van der Waals surface area contributed by atoms with Crippen molar-refractivity contribution in [1.29, 1.82) is 0 Å². The third-order valence-corrected chi connectivity index (χ3v) is 4.41. The van der Waals surface area contributed by atoms with E-state index in [1.54, 1.807) is 11.0 Å². The maximum Gasteiger partial charge on any atom is 0.414 e. The van der Waals surface area contributed by atoms with Crippen LogP contribution in [-0.2, 0) is 14.3 Å². The molecule has 0 unspecified atom stereocenters. The lowest BCUT2D eigenvalue weighted by molar-refractivity contribution is -0.130. The first kappa shape index (κ1) is 20.3. The Labute approximate surface area is 165 Å². The largest absolute Gasteiger partial charge is 0.442 e. The van der Waals surface area contributed by atoms with E-state index in [0.717, 1.165) is 0 Å². The molecule has 3 N–H and O–H groups in total. The van der Waals surface area contributed by atoms with Crippen LogP contribution >= 0.6 is 0 Å². The molecule has 2 heterocycles. The quantitative estimate of drug-likeness (QED) is 0.442. The zero-order valence-electron chi connectivity index (χ0n) is 15.7. The van der Waals surface area contributed by atoms with Crippen LogP contribution in [-0.4, -0.2) is 73.3 Å². The molecule has 0 radical (unpaired) electrons. The van der Waals surface area contributed by atoms with E-state index in [-0.39, 0.29) is 31.2 Å². The standard InChI is InChI=1S/C17H21FN6O5/c1-11(25)19-7-13-8-24(17(27)29-13)12-2-3-15(14(18)6-12)22-4-5-23(20-10-22)9-16(26)21-28/h2-3,6,10,13,28H,4-5,7-9H2,1H3,(H,19,25)(H,21,26)/t13-/m0/s1. The van der Waals surface area contributed by atoms with Gasteiger partial charge in [0, 0.05) is 13.5 Å². The number of hydrogen-bond donors (Lipinski definition) is 3. The summed E-state index contributed by atoms with van der Waals surface area (Å²) in [6.45, 7) is 2.38. The fourth-order valence-corrected chi connectivity index (χ4v) is 2.97. The van der Waals surface area contributed by atoms with Crippen LogP contribution in [0.3, 0.4) is 0 Å². The lowest BCUT2D eigenvalue weighted by atomic mass is 10.2. The van der Waals surface area contributed by atoms with Gasteiger partial charge in [-0.15, -0.1) is 0 Å². The van der Waals surface area contributed by atoms with Gasteiger partial charge < -0.3 is 15.0 Å². The highest BCUT2D eigenvalue weighted by Gasteiger charge is 2.33. The van der Waals surface area contributed by atoms with Crippen LogP contribution in [0.2, 0.25) is 0 Å². The van der Waals surface area contributed by atoms with Crippen molar-refractivity contribution in [1.82, 2.24) is 15.8 Å². The molecular formula is C17H21FN6O5. The van der Waals surface area contributed by atoms with Crippen molar-refractivity contribution < 1.29 is 28.7 Å². The third kappa shape index (κ3) is 4.90. The average Bonchev–Trinajstić information content (AvgIpc) is 3.07. The minimum Gasteiger partial charge on any atom is -0.442 e. The van der Waals surface area contributed by atoms with Gasteiger partial charge in [0.15, 0.2) is 0 Å². The van der Waals surface area contributed by atoms with E-state index in [1.165, 1.54) is 40.8 Å². The van der Waals surface area contributed by atoms with E-state index >= 15 is 0 Å². The van der Waals surface area contributed by atoms with E-state index in [9.17, 15) is 18.8 Å². The Bertz CT molecular complexity index is 835. The van der Waals surface area contributed by atoms with Crippen molar-refractivity contribution in [2.24, 2.45) is 5.10 Å². The fourth-order valence-electron chi connectivity index (χ4n) is 2.97. The van der Waals surface area contributed by atoms with Gasteiger partial charge in [-0.2, -0.15) is 5.10 Å². The molecule has 29 heavy (non-hydrogen) atoms. The number of ether oxygens (including phenoxy) is 1. The summed E-state index contributed by atoms with van der Waals surface area (Å²) in [5.41, 5.74) is 2.14. The zero-order valence-corrected chi connectivity index (χ0v) is 15.7. The fraction of sp³-hybridized carbons (Fsp3) is 0.412. The van der Waals surface area contributed by atoms with Crippen LogP contribution in [0.1, 0.15) is 6.92 Å².